The van der Waals surface area contributed by atoms with Crippen LogP contribution in [0.15, 0.2) is 0 Å². The van der Waals surface area contributed by atoms with E-state index in [-0.39, 0.29) is 5.60 Å². The zero-order valence-corrected chi connectivity index (χ0v) is 13.7. The van der Waals surface area contributed by atoms with Crippen LogP contribution in [0, 0.1) is 11.3 Å². The maximum Gasteiger partial charge on any atom is 0.0700 e. The van der Waals surface area contributed by atoms with Gasteiger partial charge in [-0.15, -0.1) is 0 Å². The molecule has 0 aromatic carbocycles. The fraction of sp³-hybridized carbons (Fsp3) is 1.00. The summed E-state index contributed by atoms with van der Waals surface area (Å²) in [6.07, 6.45) is 13.9. The molecule has 1 saturated heterocycles. The summed E-state index contributed by atoms with van der Waals surface area (Å²) in [5, 5.41) is 10.8. The molecule has 3 N–H and O–H groups in total. The average Bonchev–Trinajstić information content (AvgIpc) is 2.74. The molecule has 0 bridgehead atoms. The molecule has 1 heterocycles. The van der Waals surface area contributed by atoms with Crippen LogP contribution in [-0.4, -0.2) is 41.8 Å². The predicted octanol–water partition coefficient (Wildman–Crippen LogP) is 2.91. The van der Waals surface area contributed by atoms with Crippen molar-refractivity contribution in [3.8, 4) is 0 Å². The lowest BCUT2D eigenvalue weighted by atomic mass is 9.70. The number of aliphatic hydroxyl groups is 1. The number of fused-ring (bicyclic) bond motifs is 1. The number of nitrogens with two attached hydrogens (primary N) is 1. The second kappa shape index (κ2) is 6.55. The monoisotopic (exact) mass is 294 g/mol. The van der Waals surface area contributed by atoms with E-state index in [1.807, 2.05) is 0 Å². The molecule has 2 unspecified atom stereocenters. The zero-order chi connectivity index (χ0) is 14.8. The van der Waals surface area contributed by atoms with Gasteiger partial charge in [0.25, 0.3) is 0 Å². The number of likely N-dealkylation sites (tertiary alicyclic amines) is 1. The Kier molecular flexibility index (Phi) is 4.92. The Morgan fingerprint density at radius 3 is 2.38 bits per heavy atom. The van der Waals surface area contributed by atoms with Gasteiger partial charge in [0.15, 0.2) is 0 Å². The molecule has 21 heavy (non-hydrogen) atoms. The lowest BCUT2D eigenvalue weighted by Gasteiger charge is -2.49. The minimum Gasteiger partial charge on any atom is -0.390 e. The summed E-state index contributed by atoms with van der Waals surface area (Å²) in [6.45, 7) is 4.21. The minimum atomic E-state index is -0.339. The van der Waals surface area contributed by atoms with Gasteiger partial charge in [0.05, 0.1) is 5.60 Å². The molecule has 122 valence electrons. The number of rotatable bonds is 3. The largest absolute Gasteiger partial charge is 0.390 e. The molecule has 1 aliphatic heterocycles. The molecule has 0 amide bonds. The summed E-state index contributed by atoms with van der Waals surface area (Å²) in [5.41, 5.74) is 6.23. The molecule has 0 spiro atoms. The highest BCUT2D eigenvalue weighted by Gasteiger charge is 2.44. The normalized spacial score (nSPS) is 37.7. The third-order valence-corrected chi connectivity index (χ3v) is 6.67. The van der Waals surface area contributed by atoms with Crippen LogP contribution in [0.1, 0.15) is 70.6 Å². The molecule has 3 rings (SSSR count). The number of nitrogens with zero attached hydrogens (tertiary/aromatic N) is 1. The first-order valence-corrected chi connectivity index (χ1v) is 9.31. The van der Waals surface area contributed by atoms with Gasteiger partial charge in [0, 0.05) is 25.6 Å². The van der Waals surface area contributed by atoms with Crippen molar-refractivity contribution in [3.63, 3.8) is 0 Å². The maximum absolute atomic E-state index is 10.8. The van der Waals surface area contributed by atoms with Gasteiger partial charge in [-0.2, -0.15) is 0 Å². The lowest BCUT2D eigenvalue weighted by Crippen LogP contribution is -2.55. The summed E-state index contributed by atoms with van der Waals surface area (Å²) >= 11 is 0. The van der Waals surface area contributed by atoms with Crippen LogP contribution in [0.2, 0.25) is 0 Å². The van der Waals surface area contributed by atoms with Crippen LogP contribution in [0.25, 0.3) is 0 Å². The highest BCUT2D eigenvalue weighted by atomic mass is 16.3. The van der Waals surface area contributed by atoms with Gasteiger partial charge >= 0.3 is 0 Å². The van der Waals surface area contributed by atoms with Crippen molar-refractivity contribution in [2.75, 3.05) is 26.2 Å². The number of hydrogen-bond acceptors (Lipinski definition) is 3. The van der Waals surface area contributed by atoms with Crippen LogP contribution in [0.5, 0.6) is 0 Å². The molecular weight excluding hydrogens is 260 g/mol. The first kappa shape index (κ1) is 15.8. The minimum absolute atomic E-state index is 0.339. The summed E-state index contributed by atoms with van der Waals surface area (Å²) in [4.78, 5) is 2.64. The van der Waals surface area contributed by atoms with E-state index in [9.17, 15) is 5.11 Å². The Morgan fingerprint density at radius 1 is 0.952 bits per heavy atom. The van der Waals surface area contributed by atoms with Crippen molar-refractivity contribution in [2.45, 2.75) is 76.2 Å². The summed E-state index contributed by atoms with van der Waals surface area (Å²) in [6, 6.07) is 0. The summed E-state index contributed by atoms with van der Waals surface area (Å²) in [5.74, 6) is 0.514. The van der Waals surface area contributed by atoms with Gasteiger partial charge in [-0.05, 0) is 44.1 Å². The Bertz CT molecular complexity index is 338. The van der Waals surface area contributed by atoms with Crippen molar-refractivity contribution >= 4 is 0 Å². The van der Waals surface area contributed by atoms with E-state index >= 15 is 0 Å². The third-order valence-electron chi connectivity index (χ3n) is 6.67. The highest BCUT2D eigenvalue weighted by molar-refractivity contribution is 4.97. The van der Waals surface area contributed by atoms with Crippen molar-refractivity contribution in [1.29, 1.82) is 0 Å². The number of piperidine rings is 1. The lowest BCUT2D eigenvalue weighted by molar-refractivity contribution is -0.101. The van der Waals surface area contributed by atoms with Gasteiger partial charge in [0.2, 0.25) is 0 Å². The van der Waals surface area contributed by atoms with Crippen LogP contribution in [0.4, 0.5) is 0 Å². The molecule has 0 radical (unpaired) electrons. The first-order valence-electron chi connectivity index (χ1n) is 9.31. The molecule has 2 atom stereocenters. The summed E-state index contributed by atoms with van der Waals surface area (Å²) in [7, 11) is 0. The molecule has 3 nitrogen and oxygen atoms in total. The van der Waals surface area contributed by atoms with Gasteiger partial charge in [0.1, 0.15) is 0 Å². The van der Waals surface area contributed by atoms with Crippen molar-refractivity contribution < 1.29 is 5.11 Å². The fourth-order valence-electron chi connectivity index (χ4n) is 5.16. The standard InChI is InChI=1S/C18H34N2O/c19-14-17(8-4-1-2-5-9-17)15-20-12-11-18(21)10-6-3-7-16(18)13-20/h16,21H,1-15,19H2. The topological polar surface area (TPSA) is 49.5 Å². The molecule has 3 aliphatic rings. The maximum atomic E-state index is 10.8. The van der Waals surface area contributed by atoms with Crippen LogP contribution in [0.3, 0.4) is 0 Å². The first-order chi connectivity index (χ1) is 10.2. The van der Waals surface area contributed by atoms with E-state index in [2.05, 4.69) is 4.90 Å². The molecule has 2 saturated carbocycles. The van der Waals surface area contributed by atoms with Gasteiger partial charge in [-0.25, -0.2) is 0 Å². The predicted molar refractivity (Wildman–Crippen MR) is 87.2 cm³/mol. The van der Waals surface area contributed by atoms with Crippen molar-refractivity contribution in [1.82, 2.24) is 4.90 Å². The Labute approximate surface area is 130 Å². The Balaban J connectivity index is 1.62. The fourth-order valence-corrected chi connectivity index (χ4v) is 5.16. The molecule has 0 aromatic heterocycles. The van der Waals surface area contributed by atoms with Crippen LogP contribution >= 0.6 is 0 Å². The zero-order valence-electron chi connectivity index (χ0n) is 13.7. The van der Waals surface area contributed by atoms with E-state index in [1.165, 1.54) is 64.3 Å². The van der Waals surface area contributed by atoms with E-state index in [1.54, 1.807) is 0 Å². The summed E-state index contributed by atoms with van der Waals surface area (Å²) < 4.78 is 0. The second-order valence-corrected chi connectivity index (χ2v) is 8.15. The van der Waals surface area contributed by atoms with E-state index in [0.29, 0.717) is 11.3 Å². The molecular formula is C18H34N2O. The SMILES string of the molecule is NCC1(CN2CCC3(O)CCCCC3C2)CCCCCC1. The Hall–Kier alpha value is -0.120. The van der Waals surface area contributed by atoms with E-state index in [4.69, 9.17) is 5.73 Å². The smallest absolute Gasteiger partial charge is 0.0700 e. The number of hydrogen-bond donors (Lipinski definition) is 2. The van der Waals surface area contributed by atoms with Gasteiger partial charge in [-0.3, -0.25) is 0 Å². The molecule has 3 heteroatoms. The second-order valence-electron chi connectivity index (χ2n) is 8.15. The van der Waals surface area contributed by atoms with Crippen LogP contribution < -0.4 is 5.73 Å². The van der Waals surface area contributed by atoms with E-state index in [0.717, 1.165) is 32.5 Å². The van der Waals surface area contributed by atoms with E-state index < -0.39 is 0 Å². The average molecular weight is 294 g/mol. The van der Waals surface area contributed by atoms with Gasteiger partial charge in [-0.1, -0.05) is 38.5 Å². The molecule has 3 fully saturated rings. The quantitative estimate of drug-likeness (QED) is 0.787. The van der Waals surface area contributed by atoms with Gasteiger partial charge < -0.3 is 15.7 Å². The van der Waals surface area contributed by atoms with Crippen LogP contribution in [-0.2, 0) is 0 Å². The van der Waals surface area contributed by atoms with Crippen molar-refractivity contribution in [3.05, 3.63) is 0 Å². The Morgan fingerprint density at radius 2 is 1.67 bits per heavy atom. The molecule has 2 aliphatic carbocycles. The van der Waals surface area contributed by atoms with Crippen molar-refractivity contribution in [2.24, 2.45) is 17.1 Å². The highest BCUT2D eigenvalue weighted by Crippen LogP contribution is 2.42. The molecule has 0 aromatic rings. The third kappa shape index (κ3) is 3.46.